The van der Waals surface area contributed by atoms with Crippen LogP contribution in [-0.4, -0.2) is 40.9 Å². The number of nitrogens with one attached hydrogen (secondary N) is 1. The number of likely N-dealkylation sites (N-methyl/N-ethyl adjacent to an activating group) is 1. The van der Waals surface area contributed by atoms with Gasteiger partial charge in [0.05, 0.1) is 6.04 Å². The molecule has 2 heterocycles. The van der Waals surface area contributed by atoms with Crippen LogP contribution < -0.4 is 10.3 Å². The van der Waals surface area contributed by atoms with E-state index < -0.39 is 0 Å². The van der Waals surface area contributed by atoms with Gasteiger partial charge in [-0.05, 0) is 55.7 Å². The first-order valence-electron chi connectivity index (χ1n) is 10.1. The summed E-state index contributed by atoms with van der Waals surface area (Å²) in [7, 11) is 0. The quantitative estimate of drug-likeness (QED) is 0.796. The molecule has 1 fully saturated rings. The standard InChI is InChI=1S/C23H25ClN4O2/c1-3-27(19-6-4-5-16(2)13-19)22(29)15-26-11-12-28-21(23(26)30)14-20(25-28)17-7-9-18(24)10-8-17/h4-13,20-21,25H,3,14-15H2,1-2H3. The van der Waals surface area contributed by atoms with Crippen molar-refractivity contribution in [1.29, 1.82) is 0 Å². The number of anilines is 1. The van der Waals surface area contributed by atoms with E-state index in [-0.39, 0.29) is 30.4 Å². The minimum absolute atomic E-state index is 0.0209. The first-order chi connectivity index (χ1) is 14.5. The van der Waals surface area contributed by atoms with Crippen LogP contribution in [0.5, 0.6) is 0 Å². The van der Waals surface area contributed by atoms with Gasteiger partial charge in [-0.25, -0.2) is 5.43 Å². The summed E-state index contributed by atoms with van der Waals surface area (Å²) >= 11 is 5.98. The first-order valence-corrected chi connectivity index (χ1v) is 10.5. The van der Waals surface area contributed by atoms with Crippen LogP contribution in [0.3, 0.4) is 0 Å². The predicted octanol–water partition coefficient (Wildman–Crippen LogP) is 3.63. The molecule has 2 unspecified atom stereocenters. The Morgan fingerprint density at radius 3 is 2.67 bits per heavy atom. The molecule has 1 N–H and O–H groups in total. The van der Waals surface area contributed by atoms with Crippen molar-refractivity contribution in [3.63, 3.8) is 0 Å². The molecule has 2 aliphatic heterocycles. The number of benzene rings is 2. The maximum Gasteiger partial charge on any atom is 0.251 e. The lowest BCUT2D eigenvalue weighted by Gasteiger charge is -2.32. The lowest BCUT2D eigenvalue weighted by Crippen LogP contribution is -2.51. The average Bonchev–Trinajstić information content (AvgIpc) is 3.16. The van der Waals surface area contributed by atoms with Gasteiger partial charge >= 0.3 is 0 Å². The van der Waals surface area contributed by atoms with Gasteiger partial charge in [0.25, 0.3) is 5.91 Å². The number of carbonyl (C=O) groups is 2. The van der Waals surface area contributed by atoms with Gasteiger partial charge in [0.2, 0.25) is 5.91 Å². The minimum atomic E-state index is -0.336. The van der Waals surface area contributed by atoms with Crippen LogP contribution in [0.4, 0.5) is 5.69 Å². The zero-order valence-electron chi connectivity index (χ0n) is 17.1. The third-order valence-electron chi connectivity index (χ3n) is 5.58. The van der Waals surface area contributed by atoms with Crippen molar-refractivity contribution in [1.82, 2.24) is 15.3 Å². The smallest absolute Gasteiger partial charge is 0.251 e. The zero-order valence-corrected chi connectivity index (χ0v) is 17.8. The number of aryl methyl sites for hydroxylation is 1. The highest BCUT2D eigenvalue weighted by Crippen LogP contribution is 2.31. The number of rotatable bonds is 5. The molecule has 6 nitrogen and oxygen atoms in total. The van der Waals surface area contributed by atoms with Gasteiger partial charge in [0, 0.05) is 29.7 Å². The molecule has 0 saturated carbocycles. The fourth-order valence-electron chi connectivity index (χ4n) is 4.01. The molecular formula is C23H25ClN4O2. The van der Waals surface area contributed by atoms with E-state index in [0.29, 0.717) is 18.0 Å². The normalized spacial score (nSPS) is 20.4. The van der Waals surface area contributed by atoms with Crippen LogP contribution >= 0.6 is 11.6 Å². The fraction of sp³-hybridized carbons (Fsp3) is 0.304. The molecule has 2 aliphatic rings. The molecule has 0 bridgehead atoms. The van der Waals surface area contributed by atoms with Crippen molar-refractivity contribution >= 4 is 29.1 Å². The highest BCUT2D eigenvalue weighted by Gasteiger charge is 2.40. The van der Waals surface area contributed by atoms with Crippen molar-refractivity contribution < 1.29 is 9.59 Å². The molecule has 2 amide bonds. The van der Waals surface area contributed by atoms with E-state index in [2.05, 4.69) is 5.43 Å². The monoisotopic (exact) mass is 424 g/mol. The average molecular weight is 425 g/mol. The van der Waals surface area contributed by atoms with Gasteiger partial charge in [-0.1, -0.05) is 35.9 Å². The zero-order chi connectivity index (χ0) is 21.3. The van der Waals surface area contributed by atoms with Gasteiger partial charge < -0.3 is 14.8 Å². The molecule has 0 spiro atoms. The molecule has 1 saturated heterocycles. The summed E-state index contributed by atoms with van der Waals surface area (Å²) in [6, 6.07) is 15.2. The minimum Gasteiger partial charge on any atom is -0.311 e. The number of hydrazine groups is 1. The van der Waals surface area contributed by atoms with Crippen molar-refractivity contribution in [3.05, 3.63) is 77.1 Å². The molecule has 7 heteroatoms. The number of nitrogens with zero attached hydrogens (tertiary/aromatic N) is 3. The number of carbonyl (C=O) groups excluding carboxylic acids is 2. The second kappa shape index (κ2) is 8.50. The molecule has 30 heavy (non-hydrogen) atoms. The number of amides is 2. The molecule has 0 radical (unpaired) electrons. The highest BCUT2D eigenvalue weighted by molar-refractivity contribution is 6.30. The topological polar surface area (TPSA) is 55.9 Å². The Labute approximate surface area is 181 Å². The van der Waals surface area contributed by atoms with Crippen LogP contribution in [0.15, 0.2) is 60.9 Å². The Balaban J connectivity index is 1.44. The molecule has 2 atom stereocenters. The Morgan fingerprint density at radius 1 is 1.20 bits per heavy atom. The van der Waals surface area contributed by atoms with Crippen molar-refractivity contribution in [2.24, 2.45) is 0 Å². The van der Waals surface area contributed by atoms with E-state index in [0.717, 1.165) is 16.8 Å². The number of hydrogen-bond donors (Lipinski definition) is 1. The number of hydrogen-bond acceptors (Lipinski definition) is 4. The summed E-state index contributed by atoms with van der Waals surface area (Å²) in [5.74, 6) is -0.176. The first kappa shape index (κ1) is 20.4. The molecular weight excluding hydrogens is 400 g/mol. The Bertz CT molecular complexity index is 975. The summed E-state index contributed by atoms with van der Waals surface area (Å²) in [5.41, 5.74) is 6.38. The lowest BCUT2D eigenvalue weighted by atomic mass is 10.0. The molecule has 2 aromatic rings. The molecule has 4 rings (SSSR count). The van der Waals surface area contributed by atoms with Crippen molar-refractivity contribution in [2.75, 3.05) is 18.0 Å². The predicted molar refractivity (Wildman–Crippen MR) is 118 cm³/mol. The second-order valence-electron chi connectivity index (χ2n) is 7.63. The summed E-state index contributed by atoms with van der Waals surface area (Å²) < 4.78 is 0. The van der Waals surface area contributed by atoms with Gasteiger partial charge in [-0.2, -0.15) is 0 Å². The van der Waals surface area contributed by atoms with Crippen LogP contribution in [-0.2, 0) is 9.59 Å². The van der Waals surface area contributed by atoms with E-state index in [1.807, 2.05) is 73.6 Å². The highest BCUT2D eigenvalue weighted by atomic mass is 35.5. The van der Waals surface area contributed by atoms with Gasteiger partial charge in [0.1, 0.15) is 12.6 Å². The van der Waals surface area contributed by atoms with E-state index in [1.165, 1.54) is 4.90 Å². The van der Waals surface area contributed by atoms with Crippen molar-refractivity contribution in [2.45, 2.75) is 32.4 Å². The Kier molecular flexibility index (Phi) is 5.79. The molecule has 2 aromatic carbocycles. The van der Waals surface area contributed by atoms with E-state index >= 15 is 0 Å². The Morgan fingerprint density at radius 2 is 1.97 bits per heavy atom. The maximum atomic E-state index is 13.1. The maximum absolute atomic E-state index is 13.1. The lowest BCUT2D eigenvalue weighted by molar-refractivity contribution is -0.137. The fourth-order valence-corrected chi connectivity index (χ4v) is 4.14. The third kappa shape index (κ3) is 4.06. The second-order valence-corrected chi connectivity index (χ2v) is 8.07. The van der Waals surface area contributed by atoms with Crippen LogP contribution in [0.25, 0.3) is 0 Å². The molecule has 156 valence electrons. The summed E-state index contributed by atoms with van der Waals surface area (Å²) in [6.45, 7) is 4.50. The summed E-state index contributed by atoms with van der Waals surface area (Å²) in [4.78, 5) is 29.3. The number of halogens is 1. The SMILES string of the molecule is CCN(C(=O)CN1C=CN2NC(c3ccc(Cl)cc3)CC2C1=O)c1cccc(C)c1. The van der Waals surface area contributed by atoms with Gasteiger partial charge in [0.15, 0.2) is 0 Å². The van der Waals surface area contributed by atoms with Gasteiger partial charge in [-0.15, -0.1) is 0 Å². The van der Waals surface area contributed by atoms with Crippen LogP contribution in [0, 0.1) is 6.92 Å². The van der Waals surface area contributed by atoms with Crippen LogP contribution in [0.1, 0.15) is 30.5 Å². The third-order valence-corrected chi connectivity index (χ3v) is 5.84. The van der Waals surface area contributed by atoms with E-state index in [9.17, 15) is 9.59 Å². The van der Waals surface area contributed by atoms with Crippen LogP contribution in [0.2, 0.25) is 5.02 Å². The Hall–Kier alpha value is -2.83. The van der Waals surface area contributed by atoms with E-state index in [1.54, 1.807) is 11.1 Å². The summed E-state index contributed by atoms with van der Waals surface area (Å²) in [6.07, 6.45) is 4.14. The molecule has 0 aliphatic carbocycles. The number of fused-ring (bicyclic) bond motifs is 1. The van der Waals surface area contributed by atoms with Crippen molar-refractivity contribution in [3.8, 4) is 0 Å². The summed E-state index contributed by atoms with van der Waals surface area (Å²) in [5, 5.41) is 2.52. The largest absolute Gasteiger partial charge is 0.311 e. The molecule has 0 aromatic heterocycles. The van der Waals surface area contributed by atoms with E-state index in [4.69, 9.17) is 11.6 Å². The van der Waals surface area contributed by atoms with Gasteiger partial charge in [-0.3, -0.25) is 9.59 Å².